The van der Waals surface area contributed by atoms with E-state index in [-0.39, 0.29) is 5.56 Å². The molecule has 3 N–H and O–H groups in total. The van der Waals surface area contributed by atoms with E-state index in [0.717, 1.165) is 0 Å². The summed E-state index contributed by atoms with van der Waals surface area (Å²) >= 11 is 0. The molecule has 1 rings (SSSR count). The van der Waals surface area contributed by atoms with E-state index < -0.39 is 18.7 Å². The van der Waals surface area contributed by atoms with Crippen LogP contribution in [-0.4, -0.2) is 17.8 Å². The molecule has 0 aliphatic rings. The van der Waals surface area contributed by atoms with E-state index >= 15 is 0 Å². The largest absolute Gasteiger partial charge is 0.478 e. The van der Waals surface area contributed by atoms with Gasteiger partial charge < -0.3 is 10.8 Å². The molecular formula is C9H10FNO2. The van der Waals surface area contributed by atoms with Crippen LogP contribution >= 0.6 is 0 Å². The van der Waals surface area contributed by atoms with Gasteiger partial charge in [0.05, 0.1) is 11.6 Å². The van der Waals surface area contributed by atoms with Gasteiger partial charge in [-0.15, -0.1) is 0 Å². The van der Waals surface area contributed by atoms with Crippen molar-refractivity contribution in [2.75, 3.05) is 6.67 Å². The smallest absolute Gasteiger partial charge is 0.336 e. The van der Waals surface area contributed by atoms with Gasteiger partial charge in [0, 0.05) is 0 Å². The second-order valence-corrected chi connectivity index (χ2v) is 2.65. The molecule has 13 heavy (non-hydrogen) atoms. The first-order valence-electron chi connectivity index (χ1n) is 3.80. The summed E-state index contributed by atoms with van der Waals surface area (Å²) in [5, 5.41) is 8.73. The fourth-order valence-electron chi connectivity index (χ4n) is 1.10. The maximum atomic E-state index is 12.2. The topological polar surface area (TPSA) is 63.3 Å². The fourth-order valence-corrected chi connectivity index (χ4v) is 1.10. The van der Waals surface area contributed by atoms with Gasteiger partial charge in [0.1, 0.15) is 6.67 Å². The van der Waals surface area contributed by atoms with Crippen LogP contribution < -0.4 is 5.73 Å². The second-order valence-electron chi connectivity index (χ2n) is 2.65. The number of carboxylic acids is 1. The minimum atomic E-state index is -1.08. The highest BCUT2D eigenvalue weighted by Gasteiger charge is 2.14. The number of alkyl halides is 1. The summed E-state index contributed by atoms with van der Waals surface area (Å²) in [6, 6.07) is 5.29. The van der Waals surface area contributed by atoms with Gasteiger partial charge in [-0.3, -0.25) is 0 Å². The molecular weight excluding hydrogens is 173 g/mol. The summed E-state index contributed by atoms with van der Waals surface area (Å²) in [7, 11) is 0. The van der Waals surface area contributed by atoms with Gasteiger partial charge in [0.25, 0.3) is 0 Å². The molecule has 1 aromatic rings. The zero-order valence-electron chi connectivity index (χ0n) is 6.90. The number of hydrogen-bond donors (Lipinski definition) is 2. The molecule has 0 saturated heterocycles. The van der Waals surface area contributed by atoms with Gasteiger partial charge in [0.2, 0.25) is 0 Å². The van der Waals surface area contributed by atoms with E-state index in [2.05, 4.69) is 0 Å². The van der Waals surface area contributed by atoms with Crippen LogP contribution in [0.4, 0.5) is 4.39 Å². The molecule has 0 heterocycles. The summed E-state index contributed by atoms with van der Waals surface area (Å²) in [5.41, 5.74) is 5.79. The Labute approximate surface area is 75.0 Å². The molecule has 0 bridgehead atoms. The van der Waals surface area contributed by atoms with E-state index in [0.29, 0.717) is 5.56 Å². The van der Waals surface area contributed by atoms with Crippen LogP contribution in [0.3, 0.4) is 0 Å². The third-order valence-corrected chi connectivity index (χ3v) is 1.76. The Kier molecular flexibility index (Phi) is 2.97. The van der Waals surface area contributed by atoms with Gasteiger partial charge in [-0.2, -0.15) is 0 Å². The van der Waals surface area contributed by atoms with Crippen LogP contribution in [0.1, 0.15) is 22.0 Å². The Morgan fingerprint density at radius 1 is 1.54 bits per heavy atom. The Balaban J connectivity index is 3.11. The van der Waals surface area contributed by atoms with Crippen LogP contribution in [-0.2, 0) is 0 Å². The molecule has 0 aliphatic heterocycles. The second kappa shape index (κ2) is 4.00. The van der Waals surface area contributed by atoms with Crippen molar-refractivity contribution in [3.63, 3.8) is 0 Å². The first kappa shape index (κ1) is 9.67. The van der Waals surface area contributed by atoms with Gasteiger partial charge in [-0.25, -0.2) is 9.18 Å². The zero-order valence-corrected chi connectivity index (χ0v) is 6.90. The van der Waals surface area contributed by atoms with Crippen molar-refractivity contribution in [2.45, 2.75) is 6.04 Å². The van der Waals surface area contributed by atoms with E-state index in [9.17, 15) is 9.18 Å². The summed E-state index contributed by atoms with van der Waals surface area (Å²) < 4.78 is 12.2. The maximum absolute atomic E-state index is 12.2. The van der Waals surface area contributed by atoms with Crippen molar-refractivity contribution in [1.29, 1.82) is 0 Å². The monoisotopic (exact) mass is 183 g/mol. The Morgan fingerprint density at radius 3 is 2.69 bits per heavy atom. The molecule has 1 atom stereocenters. The van der Waals surface area contributed by atoms with Crippen LogP contribution in [0.5, 0.6) is 0 Å². The Hall–Kier alpha value is -1.42. The first-order chi connectivity index (χ1) is 6.16. The molecule has 3 nitrogen and oxygen atoms in total. The summed E-state index contributed by atoms with van der Waals surface area (Å²) in [4.78, 5) is 10.7. The molecule has 0 fully saturated rings. The molecule has 0 radical (unpaired) electrons. The predicted molar refractivity (Wildman–Crippen MR) is 46.3 cm³/mol. The van der Waals surface area contributed by atoms with Crippen molar-refractivity contribution >= 4 is 5.97 Å². The number of aromatic carboxylic acids is 1. The minimum absolute atomic E-state index is 0.0626. The van der Waals surface area contributed by atoms with Gasteiger partial charge in [-0.05, 0) is 11.6 Å². The molecule has 0 amide bonds. The average Bonchev–Trinajstić information content (AvgIpc) is 2.16. The molecule has 0 spiro atoms. The van der Waals surface area contributed by atoms with E-state index in [1.165, 1.54) is 12.1 Å². The number of carbonyl (C=O) groups is 1. The van der Waals surface area contributed by atoms with Crippen LogP contribution in [0.25, 0.3) is 0 Å². The predicted octanol–water partition coefficient (Wildman–Crippen LogP) is 1.35. The number of carboxylic acid groups (broad SMARTS) is 1. The third kappa shape index (κ3) is 2.03. The number of nitrogens with two attached hydrogens (primary N) is 1. The molecule has 0 saturated carbocycles. The standard InChI is InChI=1S/C9H10FNO2/c10-5-8(11)6-3-1-2-4-7(6)9(12)13/h1-4,8H,5,11H2,(H,12,13). The van der Waals surface area contributed by atoms with Gasteiger partial charge in [0.15, 0.2) is 0 Å². The molecule has 0 aliphatic carbocycles. The fraction of sp³-hybridized carbons (Fsp3) is 0.222. The molecule has 4 heteroatoms. The number of halogens is 1. The summed E-state index contributed by atoms with van der Waals surface area (Å²) in [6.45, 7) is -0.760. The van der Waals surface area contributed by atoms with Crippen molar-refractivity contribution in [3.05, 3.63) is 35.4 Å². The van der Waals surface area contributed by atoms with Gasteiger partial charge in [-0.1, -0.05) is 18.2 Å². The molecule has 1 aromatic carbocycles. The van der Waals surface area contributed by atoms with Gasteiger partial charge >= 0.3 is 5.97 Å². The quantitative estimate of drug-likeness (QED) is 0.743. The molecule has 0 aromatic heterocycles. The third-order valence-electron chi connectivity index (χ3n) is 1.76. The molecule has 70 valence electrons. The van der Waals surface area contributed by atoms with E-state index in [4.69, 9.17) is 10.8 Å². The Bertz CT molecular complexity index is 314. The number of benzene rings is 1. The number of rotatable bonds is 3. The number of hydrogen-bond acceptors (Lipinski definition) is 2. The summed E-state index contributed by atoms with van der Waals surface area (Å²) in [6.07, 6.45) is 0. The normalized spacial score (nSPS) is 12.5. The summed E-state index contributed by atoms with van der Waals surface area (Å²) in [5.74, 6) is -1.08. The lowest BCUT2D eigenvalue weighted by atomic mass is 10.0. The highest BCUT2D eigenvalue weighted by Crippen LogP contribution is 2.16. The maximum Gasteiger partial charge on any atom is 0.336 e. The van der Waals surface area contributed by atoms with Crippen LogP contribution in [0.15, 0.2) is 24.3 Å². The van der Waals surface area contributed by atoms with Crippen LogP contribution in [0.2, 0.25) is 0 Å². The Morgan fingerprint density at radius 2 is 2.15 bits per heavy atom. The van der Waals surface area contributed by atoms with Crippen molar-refractivity contribution in [1.82, 2.24) is 0 Å². The first-order valence-corrected chi connectivity index (χ1v) is 3.80. The SMILES string of the molecule is NC(CF)c1ccccc1C(=O)O. The van der Waals surface area contributed by atoms with E-state index in [1.54, 1.807) is 12.1 Å². The lowest BCUT2D eigenvalue weighted by Gasteiger charge is -2.09. The van der Waals surface area contributed by atoms with Crippen LogP contribution in [0, 0.1) is 0 Å². The van der Waals surface area contributed by atoms with Crippen molar-refractivity contribution in [3.8, 4) is 0 Å². The molecule has 1 unspecified atom stereocenters. The zero-order chi connectivity index (χ0) is 9.84. The average molecular weight is 183 g/mol. The highest BCUT2D eigenvalue weighted by atomic mass is 19.1. The lowest BCUT2D eigenvalue weighted by molar-refractivity contribution is 0.0695. The lowest BCUT2D eigenvalue weighted by Crippen LogP contribution is -2.16. The highest BCUT2D eigenvalue weighted by molar-refractivity contribution is 5.89. The van der Waals surface area contributed by atoms with Crippen molar-refractivity contribution < 1.29 is 14.3 Å². The van der Waals surface area contributed by atoms with E-state index in [1.807, 2.05) is 0 Å². The van der Waals surface area contributed by atoms with Crippen molar-refractivity contribution in [2.24, 2.45) is 5.73 Å². The minimum Gasteiger partial charge on any atom is -0.478 e.